The summed E-state index contributed by atoms with van der Waals surface area (Å²) in [6.07, 6.45) is 3.23. The molecule has 2 heterocycles. The van der Waals surface area contributed by atoms with E-state index in [1.54, 1.807) is 55.8 Å². The molecule has 0 aliphatic heterocycles. The maximum Gasteiger partial charge on any atom is 0.316 e. The first-order valence-electron chi connectivity index (χ1n) is 6.43. The van der Waals surface area contributed by atoms with Gasteiger partial charge in [0.15, 0.2) is 0 Å². The molecule has 3 aromatic rings. The minimum Gasteiger partial charge on any atom is -0.328 e. The van der Waals surface area contributed by atoms with Crippen LogP contribution >= 0.6 is 11.6 Å². The quantitative estimate of drug-likeness (QED) is 0.743. The lowest BCUT2D eigenvalue weighted by atomic mass is 10.2. The van der Waals surface area contributed by atoms with E-state index in [1.807, 2.05) is 0 Å². The van der Waals surface area contributed by atoms with Gasteiger partial charge >= 0.3 is 11.8 Å². The average Bonchev–Trinajstić information content (AvgIpc) is 3.05. The summed E-state index contributed by atoms with van der Waals surface area (Å²) < 4.78 is 5.05. The van der Waals surface area contributed by atoms with E-state index < -0.39 is 5.91 Å². The molecule has 110 valence electrons. The number of amides is 1. The lowest BCUT2D eigenvalue weighted by molar-refractivity contribution is 0.0951. The van der Waals surface area contributed by atoms with Crippen molar-refractivity contribution in [2.45, 2.75) is 0 Å². The molecule has 0 bridgehead atoms. The number of carbonyl (C=O) groups excluding carboxylic acids is 1. The number of nitrogens with zero attached hydrogens (tertiary/aromatic N) is 4. The zero-order valence-corrected chi connectivity index (χ0v) is 12.4. The second-order valence-corrected chi connectivity index (χ2v) is 4.88. The number of benzene rings is 1. The highest BCUT2D eigenvalue weighted by Crippen LogP contribution is 2.25. The topological polar surface area (TPSA) is 72.1 Å². The number of hydrogen-bond donors (Lipinski definition) is 0. The van der Waals surface area contributed by atoms with Gasteiger partial charge in [-0.05, 0) is 24.3 Å². The number of pyridine rings is 1. The molecule has 3 rings (SSSR count). The molecule has 0 spiro atoms. The molecule has 0 N–H and O–H groups in total. The molecule has 0 saturated carbocycles. The van der Waals surface area contributed by atoms with Gasteiger partial charge in [0, 0.05) is 25.0 Å². The molecule has 22 heavy (non-hydrogen) atoms. The van der Waals surface area contributed by atoms with Crippen molar-refractivity contribution in [1.82, 2.24) is 15.1 Å². The Labute approximate surface area is 131 Å². The average molecular weight is 315 g/mol. The van der Waals surface area contributed by atoms with E-state index >= 15 is 0 Å². The van der Waals surface area contributed by atoms with Crippen LogP contribution in [0.5, 0.6) is 0 Å². The number of anilines is 1. The molecule has 1 aromatic carbocycles. The maximum absolute atomic E-state index is 12.4. The number of halogens is 1. The fourth-order valence-electron chi connectivity index (χ4n) is 1.91. The van der Waals surface area contributed by atoms with Crippen LogP contribution in [-0.4, -0.2) is 28.1 Å². The Kier molecular flexibility index (Phi) is 3.84. The van der Waals surface area contributed by atoms with Crippen LogP contribution in [0.1, 0.15) is 10.7 Å². The van der Waals surface area contributed by atoms with Gasteiger partial charge in [0.25, 0.3) is 0 Å². The predicted octanol–water partition coefficient (Wildman–Crippen LogP) is 3.06. The van der Waals surface area contributed by atoms with Crippen molar-refractivity contribution in [3.05, 3.63) is 59.7 Å². The largest absolute Gasteiger partial charge is 0.328 e. The maximum atomic E-state index is 12.4. The highest BCUT2D eigenvalue weighted by molar-refractivity contribution is 6.34. The summed E-state index contributed by atoms with van der Waals surface area (Å²) in [4.78, 5) is 21.8. The van der Waals surface area contributed by atoms with Crippen LogP contribution in [0.2, 0.25) is 5.02 Å². The molecule has 0 radical (unpaired) electrons. The summed E-state index contributed by atoms with van der Waals surface area (Å²) in [5, 5.41) is 4.28. The van der Waals surface area contributed by atoms with Crippen LogP contribution in [0, 0.1) is 0 Å². The number of rotatable bonds is 3. The van der Waals surface area contributed by atoms with Crippen LogP contribution in [0.3, 0.4) is 0 Å². The van der Waals surface area contributed by atoms with Crippen LogP contribution in [0.15, 0.2) is 53.3 Å². The lowest BCUT2D eigenvalue weighted by Crippen LogP contribution is -2.26. The van der Waals surface area contributed by atoms with Crippen LogP contribution in [0.4, 0.5) is 5.69 Å². The van der Waals surface area contributed by atoms with E-state index in [4.69, 9.17) is 16.1 Å². The van der Waals surface area contributed by atoms with E-state index in [1.165, 1.54) is 4.90 Å². The van der Waals surface area contributed by atoms with Gasteiger partial charge in [-0.3, -0.25) is 9.78 Å². The Bertz CT molecular complexity index is 804. The standard InChI is InChI=1S/C15H11ClN4O2/c1-20(12-5-3-2-4-11(12)16)15(21)14-18-13(19-22-14)10-6-8-17-9-7-10/h2-9H,1H3. The first kappa shape index (κ1) is 14.2. The lowest BCUT2D eigenvalue weighted by Gasteiger charge is -2.16. The van der Waals surface area contributed by atoms with Gasteiger partial charge in [0.2, 0.25) is 5.82 Å². The molecule has 0 aliphatic rings. The Hall–Kier alpha value is -2.73. The Morgan fingerprint density at radius 1 is 1.18 bits per heavy atom. The van der Waals surface area contributed by atoms with Crippen LogP contribution in [0.25, 0.3) is 11.4 Å². The third kappa shape index (κ3) is 2.68. The monoisotopic (exact) mass is 314 g/mol. The summed E-state index contributed by atoms with van der Waals surface area (Å²) in [5.41, 5.74) is 1.29. The molecule has 1 amide bonds. The van der Waals surface area contributed by atoms with Gasteiger partial charge in [-0.25, -0.2) is 0 Å². The number of para-hydroxylation sites is 1. The van der Waals surface area contributed by atoms with E-state index in [-0.39, 0.29) is 5.89 Å². The molecule has 0 atom stereocenters. The van der Waals surface area contributed by atoms with E-state index in [0.29, 0.717) is 16.5 Å². The van der Waals surface area contributed by atoms with Gasteiger partial charge in [0.1, 0.15) is 0 Å². The Morgan fingerprint density at radius 3 is 2.64 bits per heavy atom. The first-order chi connectivity index (χ1) is 10.7. The molecule has 6 nitrogen and oxygen atoms in total. The highest BCUT2D eigenvalue weighted by atomic mass is 35.5. The summed E-state index contributed by atoms with van der Waals surface area (Å²) in [6.45, 7) is 0. The second kappa shape index (κ2) is 5.95. The Balaban J connectivity index is 1.87. The summed E-state index contributed by atoms with van der Waals surface area (Å²) in [7, 11) is 1.60. The van der Waals surface area contributed by atoms with Gasteiger partial charge in [-0.2, -0.15) is 4.98 Å². The van der Waals surface area contributed by atoms with Crippen molar-refractivity contribution < 1.29 is 9.32 Å². The van der Waals surface area contributed by atoms with Crippen LogP contribution < -0.4 is 4.90 Å². The second-order valence-electron chi connectivity index (χ2n) is 4.47. The number of hydrogen-bond acceptors (Lipinski definition) is 5. The molecule has 0 fully saturated rings. The molecular formula is C15H11ClN4O2. The zero-order chi connectivity index (χ0) is 15.5. The van der Waals surface area contributed by atoms with E-state index in [2.05, 4.69) is 15.1 Å². The number of carbonyl (C=O) groups is 1. The van der Waals surface area contributed by atoms with Gasteiger partial charge in [0.05, 0.1) is 10.7 Å². The molecule has 0 aliphatic carbocycles. The van der Waals surface area contributed by atoms with E-state index in [0.717, 1.165) is 5.56 Å². The van der Waals surface area contributed by atoms with Crippen molar-refractivity contribution in [3.63, 3.8) is 0 Å². The molecular weight excluding hydrogens is 304 g/mol. The normalized spacial score (nSPS) is 10.5. The SMILES string of the molecule is CN(C(=O)c1nc(-c2ccncc2)no1)c1ccccc1Cl. The first-order valence-corrected chi connectivity index (χ1v) is 6.81. The molecule has 2 aromatic heterocycles. The minimum absolute atomic E-state index is 0.103. The predicted molar refractivity (Wildman–Crippen MR) is 81.7 cm³/mol. The minimum atomic E-state index is -0.430. The smallest absolute Gasteiger partial charge is 0.316 e. The summed E-state index contributed by atoms with van der Waals surface area (Å²) >= 11 is 6.08. The van der Waals surface area contributed by atoms with Gasteiger partial charge in [-0.1, -0.05) is 28.9 Å². The molecule has 7 heteroatoms. The number of aromatic nitrogens is 3. The van der Waals surface area contributed by atoms with Crippen molar-refractivity contribution in [2.24, 2.45) is 0 Å². The van der Waals surface area contributed by atoms with Crippen LogP contribution in [-0.2, 0) is 0 Å². The zero-order valence-electron chi connectivity index (χ0n) is 11.6. The van der Waals surface area contributed by atoms with Gasteiger partial charge < -0.3 is 9.42 Å². The van der Waals surface area contributed by atoms with Crippen molar-refractivity contribution in [3.8, 4) is 11.4 Å². The fourth-order valence-corrected chi connectivity index (χ4v) is 2.17. The van der Waals surface area contributed by atoms with E-state index in [9.17, 15) is 4.79 Å². The third-order valence-electron chi connectivity index (χ3n) is 3.07. The molecule has 0 saturated heterocycles. The third-order valence-corrected chi connectivity index (χ3v) is 3.39. The van der Waals surface area contributed by atoms with Crippen molar-refractivity contribution in [1.29, 1.82) is 0 Å². The van der Waals surface area contributed by atoms with Crippen molar-refractivity contribution in [2.75, 3.05) is 11.9 Å². The van der Waals surface area contributed by atoms with Gasteiger partial charge in [-0.15, -0.1) is 0 Å². The summed E-state index contributed by atoms with van der Waals surface area (Å²) in [5.74, 6) is -0.201. The summed E-state index contributed by atoms with van der Waals surface area (Å²) in [6, 6.07) is 10.5. The van der Waals surface area contributed by atoms with Crippen molar-refractivity contribution >= 4 is 23.2 Å². The molecule has 0 unspecified atom stereocenters. The fraction of sp³-hybridized carbons (Fsp3) is 0.0667. The Morgan fingerprint density at radius 2 is 1.91 bits per heavy atom. The highest BCUT2D eigenvalue weighted by Gasteiger charge is 2.22.